The van der Waals surface area contributed by atoms with Crippen LogP contribution in [0.15, 0.2) is 60.9 Å². The number of nitrogens with one attached hydrogen (secondary N) is 1. The van der Waals surface area contributed by atoms with Crippen molar-refractivity contribution in [3.63, 3.8) is 0 Å². The van der Waals surface area contributed by atoms with Crippen LogP contribution in [-0.4, -0.2) is 25.6 Å². The minimum atomic E-state index is -0.418. The summed E-state index contributed by atoms with van der Waals surface area (Å²) in [5.74, 6) is -0.418. The van der Waals surface area contributed by atoms with Crippen LogP contribution in [0.4, 0.5) is 4.39 Å². The largest absolute Gasteiger partial charge is 0.352 e. The van der Waals surface area contributed by atoms with E-state index in [2.05, 4.69) is 25.8 Å². The van der Waals surface area contributed by atoms with Crippen molar-refractivity contribution in [1.29, 1.82) is 0 Å². The number of halogens is 2. The van der Waals surface area contributed by atoms with Crippen LogP contribution in [0.5, 0.6) is 0 Å². The lowest BCUT2D eigenvalue weighted by atomic mass is 9.92. The van der Waals surface area contributed by atoms with Crippen LogP contribution < -0.4 is 5.32 Å². The number of rotatable bonds is 4. The average Bonchev–Trinajstić information content (AvgIpc) is 3.41. The molecule has 2 unspecified atom stereocenters. The molecule has 1 aliphatic heterocycles. The second-order valence-electron chi connectivity index (χ2n) is 8.23. The summed E-state index contributed by atoms with van der Waals surface area (Å²) in [4.78, 5) is 7.01. The Hall–Kier alpha value is -2.44. The van der Waals surface area contributed by atoms with E-state index in [9.17, 15) is 4.39 Å². The number of benzene rings is 1. The average molecular weight is 455 g/mol. The number of aromatic nitrogens is 2. The van der Waals surface area contributed by atoms with Crippen molar-refractivity contribution in [3.05, 3.63) is 83.2 Å². The van der Waals surface area contributed by atoms with Crippen LogP contribution >= 0.6 is 23.8 Å². The highest BCUT2D eigenvalue weighted by Gasteiger charge is 2.44. The van der Waals surface area contributed by atoms with Gasteiger partial charge in [0.05, 0.1) is 22.8 Å². The molecule has 1 saturated heterocycles. The van der Waals surface area contributed by atoms with Gasteiger partial charge in [0.25, 0.3) is 0 Å². The van der Waals surface area contributed by atoms with Crippen molar-refractivity contribution in [1.82, 2.24) is 19.8 Å². The Balaban J connectivity index is 1.61. The van der Waals surface area contributed by atoms with Gasteiger partial charge in [-0.1, -0.05) is 36.9 Å². The van der Waals surface area contributed by atoms with Gasteiger partial charge in [-0.3, -0.25) is 4.98 Å². The molecule has 0 amide bonds. The van der Waals surface area contributed by atoms with Crippen molar-refractivity contribution in [2.75, 3.05) is 0 Å². The molecule has 2 fully saturated rings. The molecule has 7 heteroatoms. The highest BCUT2D eigenvalue weighted by atomic mass is 35.5. The lowest BCUT2D eigenvalue weighted by Gasteiger charge is -2.37. The maximum absolute atomic E-state index is 13.8. The molecule has 0 bridgehead atoms. The zero-order valence-corrected chi connectivity index (χ0v) is 18.6. The van der Waals surface area contributed by atoms with Gasteiger partial charge < -0.3 is 14.8 Å². The van der Waals surface area contributed by atoms with E-state index in [-0.39, 0.29) is 17.1 Å². The lowest BCUT2D eigenvalue weighted by molar-refractivity contribution is 0.193. The third-order valence-electron chi connectivity index (χ3n) is 6.37. The van der Waals surface area contributed by atoms with Crippen LogP contribution in [0, 0.1) is 5.82 Å². The van der Waals surface area contributed by atoms with E-state index >= 15 is 0 Å². The Morgan fingerprint density at radius 3 is 2.65 bits per heavy atom. The minimum absolute atomic E-state index is 0.0238. The summed E-state index contributed by atoms with van der Waals surface area (Å²) in [5, 5.41) is 4.44. The lowest BCUT2D eigenvalue weighted by Crippen LogP contribution is -2.40. The first-order valence-corrected chi connectivity index (χ1v) is 11.5. The zero-order chi connectivity index (χ0) is 21.4. The molecule has 0 spiro atoms. The Labute approximate surface area is 192 Å². The summed E-state index contributed by atoms with van der Waals surface area (Å²) < 4.78 is 15.9. The Morgan fingerprint density at radius 2 is 1.90 bits per heavy atom. The SMILES string of the molecule is Fc1ccc(-n2cccc2C2C(c3ccccn3)NC(=S)N2C2CCCCC2)cc1Cl. The standard InChI is InChI=1S/C24H24ClFN4S/c25-18-15-17(11-12-19(18)26)29-14-6-10-21(29)23-22(20-9-4-5-13-27-20)28-24(31)30(23)16-7-2-1-3-8-16/h4-6,9-16,22-23H,1-3,7-8H2,(H,28,31). The number of thiocarbonyl (C=S) groups is 1. The molecule has 1 N–H and O–H groups in total. The minimum Gasteiger partial charge on any atom is -0.352 e. The zero-order valence-electron chi connectivity index (χ0n) is 17.0. The molecule has 4 nitrogen and oxygen atoms in total. The first kappa shape index (κ1) is 20.5. The molecule has 2 atom stereocenters. The summed E-state index contributed by atoms with van der Waals surface area (Å²) in [6, 6.07) is 15.2. The number of pyridine rings is 1. The van der Waals surface area contributed by atoms with Gasteiger partial charge in [0.2, 0.25) is 0 Å². The van der Waals surface area contributed by atoms with Gasteiger partial charge in [-0.15, -0.1) is 0 Å². The number of nitrogens with zero attached hydrogens (tertiary/aromatic N) is 3. The normalized spacial score (nSPS) is 22.0. The van der Waals surface area contributed by atoms with E-state index in [1.54, 1.807) is 12.1 Å². The predicted molar refractivity (Wildman–Crippen MR) is 125 cm³/mol. The van der Waals surface area contributed by atoms with Crippen molar-refractivity contribution in [2.24, 2.45) is 0 Å². The molecule has 31 heavy (non-hydrogen) atoms. The summed E-state index contributed by atoms with van der Waals surface area (Å²) in [5.41, 5.74) is 2.86. The van der Waals surface area contributed by atoms with Crippen molar-refractivity contribution in [2.45, 2.75) is 50.2 Å². The summed E-state index contributed by atoms with van der Waals surface area (Å²) in [6.07, 6.45) is 9.81. The molecule has 1 aromatic carbocycles. The molecule has 3 aromatic rings. The fraction of sp³-hybridized carbons (Fsp3) is 0.333. The molecule has 1 aliphatic carbocycles. The number of hydrogen-bond donors (Lipinski definition) is 1. The van der Waals surface area contributed by atoms with Gasteiger partial charge in [-0.05, 0) is 67.5 Å². The maximum Gasteiger partial charge on any atom is 0.170 e. The summed E-state index contributed by atoms with van der Waals surface area (Å²) in [6.45, 7) is 0. The van der Waals surface area contributed by atoms with Gasteiger partial charge in [-0.25, -0.2) is 4.39 Å². The second-order valence-corrected chi connectivity index (χ2v) is 9.02. The van der Waals surface area contributed by atoms with Gasteiger partial charge in [0.15, 0.2) is 5.11 Å². The molecule has 0 radical (unpaired) electrons. The molecular formula is C24H24ClFN4S. The molecule has 160 valence electrons. The van der Waals surface area contributed by atoms with E-state index in [4.69, 9.17) is 23.8 Å². The maximum atomic E-state index is 13.8. The van der Waals surface area contributed by atoms with Crippen LogP contribution in [0.3, 0.4) is 0 Å². The Bertz CT molecular complexity index is 1080. The smallest absolute Gasteiger partial charge is 0.170 e. The van der Waals surface area contributed by atoms with Gasteiger partial charge >= 0.3 is 0 Å². The molecule has 5 rings (SSSR count). The second kappa shape index (κ2) is 8.60. The summed E-state index contributed by atoms with van der Waals surface area (Å²) in [7, 11) is 0. The quantitative estimate of drug-likeness (QED) is 0.492. The predicted octanol–water partition coefficient (Wildman–Crippen LogP) is 5.97. The Morgan fingerprint density at radius 1 is 1.06 bits per heavy atom. The van der Waals surface area contributed by atoms with Gasteiger partial charge in [0, 0.05) is 29.8 Å². The van der Waals surface area contributed by atoms with E-state index in [0.717, 1.165) is 35.0 Å². The van der Waals surface area contributed by atoms with Crippen LogP contribution in [0.1, 0.15) is 55.6 Å². The Kier molecular flexibility index (Phi) is 5.67. The fourth-order valence-corrected chi connectivity index (χ4v) is 5.50. The van der Waals surface area contributed by atoms with Crippen molar-refractivity contribution >= 4 is 28.9 Å². The van der Waals surface area contributed by atoms with E-state index in [1.807, 2.05) is 36.7 Å². The number of hydrogen-bond acceptors (Lipinski definition) is 2. The molecule has 1 saturated carbocycles. The van der Waals surface area contributed by atoms with Crippen LogP contribution in [-0.2, 0) is 0 Å². The monoisotopic (exact) mass is 454 g/mol. The van der Waals surface area contributed by atoms with E-state index < -0.39 is 5.82 Å². The first-order chi connectivity index (χ1) is 15.1. The third-order valence-corrected chi connectivity index (χ3v) is 6.99. The van der Waals surface area contributed by atoms with Crippen molar-refractivity contribution < 1.29 is 4.39 Å². The highest BCUT2D eigenvalue weighted by molar-refractivity contribution is 7.80. The summed E-state index contributed by atoms with van der Waals surface area (Å²) >= 11 is 12.0. The topological polar surface area (TPSA) is 33.1 Å². The molecule has 2 aliphatic rings. The van der Waals surface area contributed by atoms with Gasteiger partial charge in [0.1, 0.15) is 5.82 Å². The first-order valence-electron chi connectivity index (χ1n) is 10.8. The van der Waals surface area contributed by atoms with Crippen molar-refractivity contribution in [3.8, 4) is 5.69 Å². The van der Waals surface area contributed by atoms with Gasteiger partial charge in [-0.2, -0.15) is 0 Å². The van der Waals surface area contributed by atoms with E-state index in [1.165, 1.54) is 25.3 Å². The molecular weight excluding hydrogens is 431 g/mol. The highest BCUT2D eigenvalue weighted by Crippen LogP contribution is 2.43. The van der Waals surface area contributed by atoms with Crippen LogP contribution in [0.25, 0.3) is 5.69 Å². The van der Waals surface area contributed by atoms with E-state index in [0.29, 0.717) is 6.04 Å². The third kappa shape index (κ3) is 3.83. The van der Waals surface area contributed by atoms with Crippen LogP contribution in [0.2, 0.25) is 5.02 Å². The fourth-order valence-electron chi connectivity index (χ4n) is 4.94. The molecule has 2 aromatic heterocycles. The molecule has 3 heterocycles.